The Morgan fingerprint density at radius 2 is 1.70 bits per heavy atom. The van der Waals surface area contributed by atoms with Crippen molar-refractivity contribution in [2.75, 3.05) is 39.9 Å². The third-order valence-corrected chi connectivity index (χ3v) is 5.50. The molecule has 0 aliphatic carbocycles. The van der Waals surface area contributed by atoms with Crippen LogP contribution in [0, 0.1) is 0 Å². The molecule has 30 heavy (non-hydrogen) atoms. The molecule has 2 aromatic rings. The van der Waals surface area contributed by atoms with Crippen LogP contribution in [0.1, 0.15) is 34.1 Å². The van der Waals surface area contributed by atoms with E-state index in [4.69, 9.17) is 9.47 Å². The van der Waals surface area contributed by atoms with Gasteiger partial charge < -0.3 is 24.4 Å². The van der Waals surface area contributed by atoms with E-state index in [1.165, 1.54) is 13.2 Å². The standard InChI is InChI=1S/C22H25BrN2O5/c1-3-12-30-20-17(23)13-15(14-19(20)29-2)21(27)24-8-10-25(11-9-24)22(28)16-6-4-5-7-18(16)26/h4-7,13-14,26H,3,8-12H2,1-2H3. The second-order valence-electron chi connectivity index (χ2n) is 6.94. The van der Waals surface area contributed by atoms with Gasteiger partial charge in [0.15, 0.2) is 11.5 Å². The predicted molar refractivity (Wildman–Crippen MR) is 116 cm³/mol. The number of benzene rings is 2. The summed E-state index contributed by atoms with van der Waals surface area (Å²) in [5.74, 6) is 0.666. The van der Waals surface area contributed by atoms with E-state index in [2.05, 4.69) is 15.9 Å². The zero-order chi connectivity index (χ0) is 21.7. The maximum Gasteiger partial charge on any atom is 0.257 e. The number of hydrogen-bond donors (Lipinski definition) is 1. The van der Waals surface area contributed by atoms with Crippen LogP contribution in [0.5, 0.6) is 17.2 Å². The van der Waals surface area contributed by atoms with Gasteiger partial charge >= 0.3 is 0 Å². The summed E-state index contributed by atoms with van der Waals surface area (Å²) in [6.07, 6.45) is 0.861. The van der Waals surface area contributed by atoms with Gasteiger partial charge in [0.25, 0.3) is 11.8 Å². The first-order valence-electron chi connectivity index (χ1n) is 9.83. The Morgan fingerprint density at radius 1 is 1.07 bits per heavy atom. The molecule has 0 saturated carbocycles. The highest BCUT2D eigenvalue weighted by Gasteiger charge is 2.27. The quantitative estimate of drug-likeness (QED) is 0.689. The van der Waals surface area contributed by atoms with Crippen molar-refractivity contribution < 1.29 is 24.2 Å². The number of rotatable bonds is 6. The Kier molecular flexibility index (Phi) is 7.20. The van der Waals surface area contributed by atoms with Crippen LogP contribution in [0.4, 0.5) is 0 Å². The molecule has 160 valence electrons. The van der Waals surface area contributed by atoms with Gasteiger partial charge in [0.2, 0.25) is 0 Å². The predicted octanol–water partition coefficient (Wildman–Crippen LogP) is 3.55. The van der Waals surface area contributed by atoms with E-state index in [-0.39, 0.29) is 23.1 Å². The number of amides is 2. The number of carbonyl (C=O) groups is 2. The maximum absolute atomic E-state index is 13.0. The molecule has 0 unspecified atom stereocenters. The van der Waals surface area contributed by atoms with E-state index in [0.717, 1.165) is 6.42 Å². The number of phenols is 1. The summed E-state index contributed by atoms with van der Waals surface area (Å²) >= 11 is 3.47. The molecule has 1 saturated heterocycles. The number of ether oxygens (including phenoxy) is 2. The third-order valence-electron chi connectivity index (χ3n) is 4.92. The average Bonchev–Trinajstić information content (AvgIpc) is 2.77. The van der Waals surface area contributed by atoms with Crippen LogP contribution in [0.25, 0.3) is 0 Å². The number of para-hydroxylation sites is 1. The molecule has 0 bridgehead atoms. The van der Waals surface area contributed by atoms with Gasteiger partial charge in [0, 0.05) is 31.7 Å². The molecule has 0 radical (unpaired) electrons. The second-order valence-corrected chi connectivity index (χ2v) is 7.79. The number of hydrogen-bond acceptors (Lipinski definition) is 5. The van der Waals surface area contributed by atoms with E-state index in [1.807, 2.05) is 6.92 Å². The molecule has 1 N–H and O–H groups in total. The molecule has 0 aromatic heterocycles. The molecule has 2 aromatic carbocycles. The van der Waals surface area contributed by atoms with Gasteiger partial charge in [-0.25, -0.2) is 0 Å². The molecule has 8 heteroatoms. The van der Waals surface area contributed by atoms with Crippen LogP contribution in [-0.2, 0) is 0 Å². The highest BCUT2D eigenvalue weighted by atomic mass is 79.9. The number of nitrogens with zero attached hydrogens (tertiary/aromatic N) is 2. The largest absolute Gasteiger partial charge is 0.507 e. The van der Waals surface area contributed by atoms with Gasteiger partial charge in [-0.1, -0.05) is 19.1 Å². The van der Waals surface area contributed by atoms with Crippen molar-refractivity contribution in [2.24, 2.45) is 0 Å². The van der Waals surface area contributed by atoms with Gasteiger partial charge in [0.05, 0.1) is 23.8 Å². The number of halogens is 1. The monoisotopic (exact) mass is 476 g/mol. The van der Waals surface area contributed by atoms with Crippen molar-refractivity contribution in [1.82, 2.24) is 9.80 Å². The van der Waals surface area contributed by atoms with Crippen molar-refractivity contribution in [3.05, 3.63) is 52.0 Å². The fourth-order valence-corrected chi connectivity index (χ4v) is 3.86. The summed E-state index contributed by atoms with van der Waals surface area (Å²) in [5, 5.41) is 9.91. The number of methoxy groups -OCH3 is 1. The van der Waals surface area contributed by atoms with E-state index in [0.29, 0.717) is 54.3 Å². The van der Waals surface area contributed by atoms with E-state index in [9.17, 15) is 14.7 Å². The zero-order valence-corrected chi connectivity index (χ0v) is 18.6. The first-order chi connectivity index (χ1) is 14.5. The molecule has 2 amide bonds. The summed E-state index contributed by atoms with van der Waals surface area (Å²) < 4.78 is 11.8. The molecular weight excluding hydrogens is 452 g/mol. The van der Waals surface area contributed by atoms with Crippen LogP contribution >= 0.6 is 15.9 Å². The Bertz CT molecular complexity index is 926. The van der Waals surface area contributed by atoms with E-state index in [1.54, 1.807) is 40.1 Å². The lowest BCUT2D eigenvalue weighted by molar-refractivity contribution is 0.0533. The molecule has 1 heterocycles. The minimum absolute atomic E-state index is 0.0386. The molecule has 3 rings (SSSR count). The van der Waals surface area contributed by atoms with Crippen molar-refractivity contribution >= 4 is 27.7 Å². The summed E-state index contributed by atoms with van der Waals surface area (Å²) in [6, 6.07) is 9.89. The highest BCUT2D eigenvalue weighted by molar-refractivity contribution is 9.10. The van der Waals surface area contributed by atoms with Crippen LogP contribution < -0.4 is 9.47 Å². The van der Waals surface area contributed by atoms with E-state index >= 15 is 0 Å². The second kappa shape index (κ2) is 9.84. The van der Waals surface area contributed by atoms with Crippen molar-refractivity contribution in [1.29, 1.82) is 0 Å². The Morgan fingerprint density at radius 3 is 2.30 bits per heavy atom. The fraction of sp³-hybridized carbons (Fsp3) is 0.364. The van der Waals surface area contributed by atoms with Crippen LogP contribution in [0.15, 0.2) is 40.9 Å². The average molecular weight is 477 g/mol. The van der Waals surface area contributed by atoms with Gasteiger partial charge in [-0.3, -0.25) is 9.59 Å². The Labute approximate surface area is 184 Å². The summed E-state index contributed by atoms with van der Waals surface area (Å²) in [7, 11) is 1.54. The molecule has 1 aliphatic heterocycles. The first kappa shape index (κ1) is 22.0. The first-order valence-corrected chi connectivity index (χ1v) is 10.6. The van der Waals surface area contributed by atoms with Gasteiger partial charge in [-0.2, -0.15) is 0 Å². The number of phenolic OH excluding ortho intramolecular Hbond substituents is 1. The summed E-state index contributed by atoms with van der Waals surface area (Å²) in [6.45, 7) is 4.18. The van der Waals surface area contributed by atoms with Crippen LogP contribution in [0.3, 0.4) is 0 Å². The lowest BCUT2D eigenvalue weighted by atomic mass is 10.1. The number of carbonyl (C=O) groups excluding carboxylic acids is 2. The molecule has 0 atom stereocenters. The van der Waals surface area contributed by atoms with Gasteiger partial charge in [-0.15, -0.1) is 0 Å². The van der Waals surface area contributed by atoms with Gasteiger partial charge in [0.1, 0.15) is 5.75 Å². The maximum atomic E-state index is 13.0. The summed E-state index contributed by atoms with van der Waals surface area (Å²) in [4.78, 5) is 29.0. The molecule has 7 nitrogen and oxygen atoms in total. The van der Waals surface area contributed by atoms with Crippen molar-refractivity contribution in [3.8, 4) is 17.2 Å². The lowest BCUT2D eigenvalue weighted by Crippen LogP contribution is -2.50. The minimum atomic E-state index is -0.234. The Hall–Kier alpha value is -2.74. The van der Waals surface area contributed by atoms with Crippen LogP contribution in [0.2, 0.25) is 0 Å². The van der Waals surface area contributed by atoms with Crippen molar-refractivity contribution in [2.45, 2.75) is 13.3 Å². The molecule has 0 spiro atoms. The SMILES string of the molecule is CCCOc1c(Br)cc(C(=O)N2CCN(C(=O)c3ccccc3O)CC2)cc1OC. The third kappa shape index (κ3) is 4.70. The molecule has 1 fully saturated rings. The lowest BCUT2D eigenvalue weighted by Gasteiger charge is -2.35. The normalized spacial score (nSPS) is 13.8. The molecule has 1 aliphatic rings. The van der Waals surface area contributed by atoms with Crippen molar-refractivity contribution in [3.63, 3.8) is 0 Å². The number of piperazine rings is 1. The molecular formula is C22H25BrN2O5. The number of aromatic hydroxyl groups is 1. The summed E-state index contributed by atoms with van der Waals surface area (Å²) in [5.41, 5.74) is 0.761. The minimum Gasteiger partial charge on any atom is -0.507 e. The Balaban J connectivity index is 1.69. The fourth-order valence-electron chi connectivity index (χ4n) is 3.31. The smallest absolute Gasteiger partial charge is 0.257 e. The highest BCUT2D eigenvalue weighted by Crippen LogP contribution is 2.37. The topological polar surface area (TPSA) is 79.3 Å². The van der Waals surface area contributed by atoms with E-state index < -0.39 is 0 Å². The zero-order valence-electron chi connectivity index (χ0n) is 17.1. The van der Waals surface area contributed by atoms with Gasteiger partial charge in [-0.05, 0) is 46.6 Å². The van der Waals surface area contributed by atoms with Crippen LogP contribution in [-0.4, -0.2) is 66.6 Å².